The summed E-state index contributed by atoms with van der Waals surface area (Å²) in [5.74, 6) is 1.36. The first-order valence-electron chi connectivity index (χ1n) is 9.85. The number of hydrogen-bond donors (Lipinski definition) is 1. The van der Waals surface area contributed by atoms with E-state index in [2.05, 4.69) is 54.9 Å². The summed E-state index contributed by atoms with van der Waals surface area (Å²) in [4.78, 5) is 25.2. The summed E-state index contributed by atoms with van der Waals surface area (Å²) in [7, 11) is 0. The topological polar surface area (TPSA) is 49.0 Å². The van der Waals surface area contributed by atoms with Crippen molar-refractivity contribution in [3.8, 4) is 0 Å². The molecule has 0 bridgehead atoms. The van der Waals surface area contributed by atoms with Gasteiger partial charge in [-0.05, 0) is 42.4 Å². The number of benzene rings is 1. The Morgan fingerprint density at radius 1 is 1.30 bits per heavy atom. The molecule has 1 aliphatic heterocycles. The van der Waals surface area contributed by atoms with Gasteiger partial charge in [-0.15, -0.1) is 11.3 Å². The molecule has 2 aromatic heterocycles. The van der Waals surface area contributed by atoms with Crippen molar-refractivity contribution < 1.29 is 0 Å². The zero-order chi connectivity index (χ0) is 19.0. The summed E-state index contributed by atoms with van der Waals surface area (Å²) in [6.45, 7) is 9.17. The van der Waals surface area contributed by atoms with Crippen LogP contribution in [0, 0.1) is 12.8 Å². The van der Waals surface area contributed by atoms with Gasteiger partial charge in [0.1, 0.15) is 10.7 Å². The van der Waals surface area contributed by atoms with Gasteiger partial charge in [-0.3, -0.25) is 9.69 Å². The van der Waals surface area contributed by atoms with Gasteiger partial charge in [-0.25, -0.2) is 4.98 Å². The molecule has 1 N–H and O–H groups in total. The molecule has 3 heterocycles. The smallest absolute Gasteiger partial charge is 0.259 e. The molecule has 27 heavy (non-hydrogen) atoms. The largest absolute Gasteiger partial charge is 0.309 e. The van der Waals surface area contributed by atoms with Crippen LogP contribution < -0.4 is 5.56 Å². The lowest BCUT2D eigenvalue weighted by molar-refractivity contribution is 0.239. The summed E-state index contributed by atoms with van der Waals surface area (Å²) in [6.07, 6.45) is 3.13. The van der Waals surface area contributed by atoms with E-state index >= 15 is 0 Å². The van der Waals surface area contributed by atoms with Crippen molar-refractivity contribution in [3.05, 3.63) is 62.0 Å². The Hall–Kier alpha value is -1.98. The quantitative estimate of drug-likeness (QED) is 0.711. The third kappa shape index (κ3) is 3.71. The maximum Gasteiger partial charge on any atom is 0.259 e. The average molecular weight is 382 g/mol. The van der Waals surface area contributed by atoms with E-state index in [9.17, 15) is 4.79 Å². The van der Waals surface area contributed by atoms with Crippen LogP contribution in [0.15, 0.2) is 29.1 Å². The summed E-state index contributed by atoms with van der Waals surface area (Å²) in [5.41, 5.74) is 4.04. The van der Waals surface area contributed by atoms with Crippen LogP contribution in [-0.2, 0) is 25.9 Å². The molecule has 0 aliphatic carbocycles. The molecule has 0 amide bonds. The number of rotatable bonds is 5. The number of aromatic nitrogens is 2. The third-order valence-electron chi connectivity index (χ3n) is 5.74. The van der Waals surface area contributed by atoms with E-state index in [1.807, 2.05) is 0 Å². The summed E-state index contributed by atoms with van der Waals surface area (Å²) in [5, 5.41) is 0.811. The second kappa shape index (κ2) is 7.56. The van der Waals surface area contributed by atoms with E-state index in [-0.39, 0.29) is 5.56 Å². The van der Waals surface area contributed by atoms with Crippen molar-refractivity contribution in [2.24, 2.45) is 5.92 Å². The first-order valence-corrected chi connectivity index (χ1v) is 10.7. The van der Waals surface area contributed by atoms with Crippen molar-refractivity contribution in [1.82, 2.24) is 14.9 Å². The van der Waals surface area contributed by atoms with E-state index < -0.39 is 0 Å². The number of thiophene rings is 1. The molecule has 0 fully saturated rings. The minimum absolute atomic E-state index is 0.0232. The van der Waals surface area contributed by atoms with Gasteiger partial charge in [0.2, 0.25) is 0 Å². The molecule has 0 saturated carbocycles. The highest BCUT2D eigenvalue weighted by Crippen LogP contribution is 2.30. The van der Waals surface area contributed by atoms with Crippen LogP contribution in [0.3, 0.4) is 0 Å². The SMILES string of the molecule is CC[C@H](C)Cc1c(C)sc2nc(CN3CCc4ccccc4C3)[nH]c(=O)c12. The van der Waals surface area contributed by atoms with Crippen LogP contribution >= 0.6 is 11.3 Å². The predicted octanol–water partition coefficient (Wildman–Crippen LogP) is 4.44. The van der Waals surface area contributed by atoms with E-state index in [1.165, 1.54) is 21.6 Å². The third-order valence-corrected chi connectivity index (χ3v) is 6.79. The minimum atomic E-state index is 0.0232. The van der Waals surface area contributed by atoms with Crippen LogP contribution in [0.1, 0.15) is 47.7 Å². The van der Waals surface area contributed by atoms with Crippen LogP contribution in [-0.4, -0.2) is 21.4 Å². The van der Waals surface area contributed by atoms with Crippen molar-refractivity contribution in [2.75, 3.05) is 6.54 Å². The van der Waals surface area contributed by atoms with Gasteiger partial charge in [-0.2, -0.15) is 0 Å². The van der Waals surface area contributed by atoms with Gasteiger partial charge >= 0.3 is 0 Å². The molecule has 0 unspecified atom stereocenters. The minimum Gasteiger partial charge on any atom is -0.309 e. The normalized spacial score (nSPS) is 15.8. The molecule has 1 atom stereocenters. The van der Waals surface area contributed by atoms with Gasteiger partial charge < -0.3 is 4.98 Å². The van der Waals surface area contributed by atoms with Crippen molar-refractivity contribution in [1.29, 1.82) is 0 Å². The first kappa shape index (κ1) is 18.4. The average Bonchev–Trinajstić information content (AvgIpc) is 2.97. The molecule has 1 aromatic carbocycles. The Kier molecular flexibility index (Phi) is 5.15. The zero-order valence-electron chi connectivity index (χ0n) is 16.3. The maximum absolute atomic E-state index is 12.8. The molecule has 142 valence electrons. The number of hydrogen-bond acceptors (Lipinski definition) is 4. The van der Waals surface area contributed by atoms with Gasteiger partial charge in [-0.1, -0.05) is 44.5 Å². The molecule has 4 rings (SSSR count). The van der Waals surface area contributed by atoms with Crippen molar-refractivity contribution in [2.45, 2.75) is 53.1 Å². The number of H-pyrrole nitrogens is 1. The Bertz CT molecular complexity index is 1020. The van der Waals surface area contributed by atoms with Gasteiger partial charge in [0.15, 0.2) is 0 Å². The number of nitrogens with one attached hydrogen (secondary N) is 1. The molecular formula is C22H27N3OS. The molecule has 0 spiro atoms. The monoisotopic (exact) mass is 381 g/mol. The van der Waals surface area contributed by atoms with Crippen molar-refractivity contribution in [3.63, 3.8) is 0 Å². The Morgan fingerprint density at radius 2 is 2.07 bits per heavy atom. The van der Waals surface area contributed by atoms with Crippen LogP contribution in [0.2, 0.25) is 0 Å². The number of aryl methyl sites for hydroxylation is 1. The standard InChI is InChI=1S/C22H27N3OS/c1-4-14(2)11-18-15(3)27-22-20(18)21(26)23-19(24-22)13-25-10-9-16-7-5-6-8-17(16)12-25/h5-8,14H,4,9-13H2,1-3H3,(H,23,24,26)/t14-/m0/s1. The number of aromatic amines is 1. The van der Waals surface area contributed by atoms with Crippen LogP contribution in [0.5, 0.6) is 0 Å². The highest BCUT2D eigenvalue weighted by Gasteiger charge is 2.19. The molecule has 1 aliphatic rings. The summed E-state index contributed by atoms with van der Waals surface area (Å²) >= 11 is 1.66. The highest BCUT2D eigenvalue weighted by atomic mass is 32.1. The second-order valence-corrected chi connectivity index (χ2v) is 8.98. The number of nitrogens with zero attached hydrogens (tertiary/aromatic N) is 2. The Labute approximate surface area is 164 Å². The zero-order valence-corrected chi connectivity index (χ0v) is 17.2. The predicted molar refractivity (Wildman–Crippen MR) is 112 cm³/mol. The Morgan fingerprint density at radius 3 is 2.85 bits per heavy atom. The fourth-order valence-corrected chi connectivity index (χ4v) is 5.01. The lowest BCUT2D eigenvalue weighted by atomic mass is 9.98. The van der Waals surface area contributed by atoms with E-state index in [1.54, 1.807) is 11.3 Å². The molecule has 5 heteroatoms. The summed E-state index contributed by atoms with van der Waals surface area (Å²) < 4.78 is 0. The molecule has 3 aromatic rings. The lowest BCUT2D eigenvalue weighted by Gasteiger charge is -2.28. The van der Waals surface area contributed by atoms with Gasteiger partial charge in [0.05, 0.1) is 11.9 Å². The van der Waals surface area contributed by atoms with Gasteiger partial charge in [0.25, 0.3) is 5.56 Å². The molecule has 0 radical (unpaired) electrons. The second-order valence-electron chi connectivity index (χ2n) is 7.78. The Balaban J connectivity index is 1.60. The van der Waals surface area contributed by atoms with Crippen molar-refractivity contribution >= 4 is 21.6 Å². The molecule has 4 nitrogen and oxygen atoms in total. The van der Waals surface area contributed by atoms with Crippen LogP contribution in [0.4, 0.5) is 0 Å². The number of fused-ring (bicyclic) bond motifs is 2. The fourth-order valence-electron chi connectivity index (χ4n) is 3.93. The first-order chi connectivity index (χ1) is 13.0. The highest BCUT2D eigenvalue weighted by molar-refractivity contribution is 7.18. The fraction of sp³-hybridized carbons (Fsp3) is 0.455. The van der Waals surface area contributed by atoms with E-state index in [0.29, 0.717) is 12.5 Å². The van der Waals surface area contributed by atoms with Gasteiger partial charge in [0, 0.05) is 18.0 Å². The molecular weight excluding hydrogens is 354 g/mol. The van der Waals surface area contributed by atoms with E-state index in [0.717, 1.165) is 48.4 Å². The van der Waals surface area contributed by atoms with E-state index in [4.69, 9.17) is 4.98 Å². The molecule has 0 saturated heterocycles. The lowest BCUT2D eigenvalue weighted by Crippen LogP contribution is -2.31. The van der Waals surface area contributed by atoms with Crippen LogP contribution in [0.25, 0.3) is 10.2 Å². The maximum atomic E-state index is 12.8. The summed E-state index contributed by atoms with van der Waals surface area (Å²) in [6, 6.07) is 8.62.